The van der Waals surface area contributed by atoms with Crippen molar-refractivity contribution in [2.75, 3.05) is 11.6 Å². The number of sulfone groups is 1. The van der Waals surface area contributed by atoms with Gasteiger partial charge in [0, 0.05) is 12.2 Å². The highest BCUT2D eigenvalue weighted by molar-refractivity contribution is 7.90. The van der Waals surface area contributed by atoms with Crippen molar-refractivity contribution in [1.82, 2.24) is 9.78 Å². The van der Waals surface area contributed by atoms with Crippen molar-refractivity contribution in [3.05, 3.63) is 48.8 Å². The standard InChI is InChI=1S/C17H19N3O3S/c1-24(22,23)16-10-6-5-9-15(16)20-12-14(11-18-20)19-17(21)13-7-3-2-4-8-13/h2-3,5-6,9-13H,4,7-8H2,1H3,(H,19,21). The normalized spacial score (nSPS) is 17.6. The molecule has 1 aromatic carbocycles. The van der Waals surface area contributed by atoms with E-state index in [9.17, 15) is 13.2 Å². The Morgan fingerprint density at radius 1 is 1.29 bits per heavy atom. The molecule has 1 N–H and O–H groups in total. The van der Waals surface area contributed by atoms with E-state index in [-0.39, 0.29) is 16.7 Å². The van der Waals surface area contributed by atoms with Crippen LogP contribution in [0.5, 0.6) is 0 Å². The Hall–Kier alpha value is -2.41. The molecule has 0 spiro atoms. The van der Waals surface area contributed by atoms with Crippen LogP contribution in [0.2, 0.25) is 0 Å². The molecule has 0 saturated heterocycles. The third kappa shape index (κ3) is 3.56. The van der Waals surface area contributed by atoms with Gasteiger partial charge >= 0.3 is 0 Å². The second kappa shape index (κ2) is 6.60. The van der Waals surface area contributed by atoms with Gasteiger partial charge in [0.15, 0.2) is 9.84 Å². The van der Waals surface area contributed by atoms with Gasteiger partial charge < -0.3 is 5.32 Å². The number of para-hydroxylation sites is 1. The molecule has 3 rings (SSSR count). The summed E-state index contributed by atoms with van der Waals surface area (Å²) in [5.41, 5.74) is 1.01. The van der Waals surface area contributed by atoms with Crippen LogP contribution in [0.1, 0.15) is 19.3 Å². The smallest absolute Gasteiger partial charge is 0.227 e. The zero-order valence-corrected chi connectivity index (χ0v) is 14.2. The maximum Gasteiger partial charge on any atom is 0.227 e. The van der Waals surface area contributed by atoms with Crippen LogP contribution >= 0.6 is 0 Å². The third-order valence-electron chi connectivity index (χ3n) is 4.00. The SMILES string of the molecule is CS(=O)(=O)c1ccccc1-n1cc(NC(=O)C2CC=CCC2)cn1. The average Bonchev–Trinajstić information content (AvgIpc) is 3.03. The van der Waals surface area contributed by atoms with Gasteiger partial charge in [0.1, 0.15) is 0 Å². The lowest BCUT2D eigenvalue weighted by atomic mass is 9.94. The van der Waals surface area contributed by atoms with E-state index in [1.807, 2.05) is 6.08 Å². The summed E-state index contributed by atoms with van der Waals surface area (Å²) in [7, 11) is -3.37. The summed E-state index contributed by atoms with van der Waals surface area (Å²) in [4.78, 5) is 12.5. The van der Waals surface area contributed by atoms with Gasteiger partial charge in [-0.25, -0.2) is 13.1 Å². The number of hydrogen-bond donors (Lipinski definition) is 1. The van der Waals surface area contributed by atoms with Crippen LogP contribution in [0, 0.1) is 5.92 Å². The lowest BCUT2D eigenvalue weighted by molar-refractivity contribution is -0.120. The number of anilines is 1. The van der Waals surface area contributed by atoms with E-state index in [2.05, 4.69) is 16.5 Å². The molecule has 1 unspecified atom stereocenters. The highest BCUT2D eigenvalue weighted by Gasteiger charge is 2.20. The monoisotopic (exact) mass is 345 g/mol. The molecular formula is C17H19N3O3S. The number of benzene rings is 1. The van der Waals surface area contributed by atoms with Crippen molar-refractivity contribution in [1.29, 1.82) is 0 Å². The summed E-state index contributed by atoms with van der Waals surface area (Å²) in [6.45, 7) is 0. The Kier molecular flexibility index (Phi) is 4.53. The maximum absolute atomic E-state index is 12.3. The fourth-order valence-corrected chi connectivity index (χ4v) is 3.62. The van der Waals surface area contributed by atoms with Crippen molar-refractivity contribution in [3.63, 3.8) is 0 Å². The molecule has 1 aliphatic carbocycles. The highest BCUT2D eigenvalue weighted by Crippen LogP contribution is 2.22. The molecule has 1 heterocycles. The number of carbonyl (C=O) groups excluding carboxylic acids is 1. The fourth-order valence-electron chi connectivity index (χ4n) is 2.76. The van der Waals surface area contributed by atoms with Gasteiger partial charge in [0.05, 0.1) is 28.7 Å². The number of hydrogen-bond acceptors (Lipinski definition) is 4. The van der Waals surface area contributed by atoms with E-state index in [0.29, 0.717) is 11.4 Å². The van der Waals surface area contributed by atoms with Crippen molar-refractivity contribution in [2.24, 2.45) is 5.92 Å². The van der Waals surface area contributed by atoms with Crippen molar-refractivity contribution in [2.45, 2.75) is 24.2 Å². The minimum absolute atomic E-state index is 0.0262. The molecule has 1 aliphatic rings. The minimum Gasteiger partial charge on any atom is -0.323 e. The van der Waals surface area contributed by atoms with Gasteiger partial charge in [-0.2, -0.15) is 5.10 Å². The lowest BCUT2D eigenvalue weighted by Gasteiger charge is -2.16. The van der Waals surface area contributed by atoms with Gasteiger partial charge in [-0.1, -0.05) is 24.3 Å². The van der Waals surface area contributed by atoms with Crippen LogP contribution in [-0.2, 0) is 14.6 Å². The van der Waals surface area contributed by atoms with E-state index in [4.69, 9.17) is 0 Å². The predicted octanol–water partition coefficient (Wildman–Crippen LogP) is 2.57. The number of nitrogens with zero attached hydrogens (tertiary/aromatic N) is 2. The first-order valence-electron chi connectivity index (χ1n) is 7.75. The highest BCUT2D eigenvalue weighted by atomic mass is 32.2. The molecule has 1 aromatic heterocycles. The topological polar surface area (TPSA) is 81.1 Å². The Morgan fingerprint density at radius 2 is 2.08 bits per heavy atom. The van der Waals surface area contributed by atoms with E-state index >= 15 is 0 Å². The Labute approximate surface area is 141 Å². The van der Waals surface area contributed by atoms with Gasteiger partial charge in [0.25, 0.3) is 0 Å². The summed E-state index contributed by atoms with van der Waals surface area (Å²) < 4.78 is 25.3. The van der Waals surface area contributed by atoms with Gasteiger partial charge in [-0.15, -0.1) is 0 Å². The number of carbonyl (C=O) groups is 1. The summed E-state index contributed by atoms with van der Waals surface area (Å²) in [5.74, 6) is -0.0584. The molecule has 1 amide bonds. The molecule has 0 radical (unpaired) electrons. The molecule has 24 heavy (non-hydrogen) atoms. The Balaban J connectivity index is 1.82. The number of nitrogens with one attached hydrogen (secondary N) is 1. The van der Waals surface area contributed by atoms with Crippen LogP contribution in [0.3, 0.4) is 0 Å². The number of rotatable bonds is 4. The first-order chi connectivity index (χ1) is 11.4. The average molecular weight is 345 g/mol. The van der Waals surface area contributed by atoms with E-state index in [1.165, 1.54) is 10.9 Å². The first-order valence-corrected chi connectivity index (χ1v) is 9.64. The molecule has 2 aromatic rings. The van der Waals surface area contributed by atoms with E-state index in [0.717, 1.165) is 25.5 Å². The lowest BCUT2D eigenvalue weighted by Crippen LogP contribution is -2.23. The summed E-state index contributed by atoms with van der Waals surface area (Å²) in [6, 6.07) is 6.64. The van der Waals surface area contributed by atoms with Crippen LogP contribution in [0.4, 0.5) is 5.69 Å². The molecule has 7 heteroatoms. The van der Waals surface area contributed by atoms with Crippen LogP contribution in [-0.4, -0.2) is 30.4 Å². The van der Waals surface area contributed by atoms with Gasteiger partial charge in [-0.3, -0.25) is 4.79 Å². The number of allylic oxidation sites excluding steroid dienone is 2. The van der Waals surface area contributed by atoms with E-state index in [1.54, 1.807) is 30.5 Å². The first kappa shape index (κ1) is 16.4. The molecule has 6 nitrogen and oxygen atoms in total. The summed E-state index contributed by atoms with van der Waals surface area (Å²) >= 11 is 0. The van der Waals surface area contributed by atoms with Crippen LogP contribution in [0.15, 0.2) is 53.7 Å². The van der Waals surface area contributed by atoms with E-state index < -0.39 is 9.84 Å². The van der Waals surface area contributed by atoms with Crippen LogP contribution in [0.25, 0.3) is 5.69 Å². The second-order valence-corrected chi connectivity index (χ2v) is 7.87. The molecule has 0 fully saturated rings. The quantitative estimate of drug-likeness (QED) is 0.864. The Bertz CT molecular complexity index is 884. The number of aromatic nitrogens is 2. The van der Waals surface area contributed by atoms with Gasteiger partial charge in [0.2, 0.25) is 5.91 Å². The number of amides is 1. The summed E-state index contributed by atoms with van der Waals surface area (Å²) in [5, 5.41) is 7.04. The molecular weight excluding hydrogens is 326 g/mol. The zero-order valence-electron chi connectivity index (χ0n) is 13.3. The predicted molar refractivity (Wildman–Crippen MR) is 91.8 cm³/mol. The zero-order chi connectivity index (χ0) is 17.2. The molecule has 1 atom stereocenters. The largest absolute Gasteiger partial charge is 0.323 e. The molecule has 0 bridgehead atoms. The van der Waals surface area contributed by atoms with Crippen LogP contribution < -0.4 is 5.32 Å². The van der Waals surface area contributed by atoms with Crippen molar-refractivity contribution < 1.29 is 13.2 Å². The second-order valence-electron chi connectivity index (χ2n) is 5.88. The molecule has 126 valence electrons. The van der Waals surface area contributed by atoms with Crippen molar-refractivity contribution in [3.8, 4) is 5.69 Å². The summed E-state index contributed by atoms with van der Waals surface area (Å²) in [6.07, 6.45) is 10.9. The molecule has 0 saturated carbocycles. The van der Waals surface area contributed by atoms with Gasteiger partial charge in [-0.05, 0) is 31.4 Å². The minimum atomic E-state index is -3.37. The Morgan fingerprint density at radius 3 is 2.79 bits per heavy atom. The fraction of sp³-hybridized carbons (Fsp3) is 0.294. The third-order valence-corrected chi connectivity index (χ3v) is 5.15. The molecule has 0 aliphatic heterocycles. The maximum atomic E-state index is 12.3. The van der Waals surface area contributed by atoms with Crippen molar-refractivity contribution >= 4 is 21.4 Å².